The Kier molecular flexibility index (Phi) is 7.22. The lowest BCUT2D eigenvalue weighted by Gasteiger charge is -2.09. The van der Waals surface area contributed by atoms with Crippen molar-refractivity contribution in [3.63, 3.8) is 0 Å². The summed E-state index contributed by atoms with van der Waals surface area (Å²) in [5.74, 6) is 0.438. The minimum atomic E-state index is -3.61. The molecule has 8 heteroatoms. The van der Waals surface area contributed by atoms with Crippen molar-refractivity contribution < 1.29 is 13.2 Å². The van der Waals surface area contributed by atoms with Gasteiger partial charge in [0.1, 0.15) is 10.7 Å². The van der Waals surface area contributed by atoms with Gasteiger partial charge in [-0.1, -0.05) is 24.9 Å². The summed E-state index contributed by atoms with van der Waals surface area (Å²) < 4.78 is 31.7. The van der Waals surface area contributed by atoms with E-state index in [9.17, 15) is 8.42 Å². The third-order valence-electron chi connectivity index (χ3n) is 2.54. The van der Waals surface area contributed by atoms with Crippen molar-refractivity contribution in [2.24, 2.45) is 0 Å². The smallest absolute Gasteiger partial charge is 0.242 e. The van der Waals surface area contributed by atoms with E-state index in [1.54, 1.807) is 7.05 Å². The van der Waals surface area contributed by atoms with E-state index >= 15 is 0 Å². The maximum Gasteiger partial charge on any atom is 0.242 e. The number of halogens is 1. The number of ether oxygens (including phenoxy) is 1. The Hall–Kier alpha value is -0.890. The van der Waals surface area contributed by atoms with Gasteiger partial charge < -0.3 is 10.1 Å². The number of pyridine rings is 1. The summed E-state index contributed by atoms with van der Waals surface area (Å²) in [5.41, 5.74) is 0. The third kappa shape index (κ3) is 5.24. The van der Waals surface area contributed by atoms with E-state index in [1.807, 2.05) is 0 Å². The molecule has 0 aliphatic heterocycles. The Morgan fingerprint density at radius 1 is 1.40 bits per heavy atom. The van der Waals surface area contributed by atoms with Gasteiger partial charge >= 0.3 is 0 Å². The van der Waals surface area contributed by atoms with Crippen LogP contribution >= 0.6 is 11.6 Å². The van der Waals surface area contributed by atoms with Gasteiger partial charge in [0.25, 0.3) is 0 Å². The second-order valence-electron chi connectivity index (χ2n) is 4.12. The minimum absolute atomic E-state index is 0.0371. The Morgan fingerprint density at radius 3 is 2.75 bits per heavy atom. The van der Waals surface area contributed by atoms with Crippen molar-refractivity contribution in [2.75, 3.05) is 32.1 Å². The third-order valence-corrected chi connectivity index (χ3v) is 4.26. The quantitative estimate of drug-likeness (QED) is 0.679. The fourth-order valence-electron chi connectivity index (χ4n) is 1.43. The molecule has 0 atom stereocenters. The van der Waals surface area contributed by atoms with E-state index in [0.717, 1.165) is 12.8 Å². The average molecular weight is 322 g/mol. The standard InChI is InChI=1S/C12H20ClN3O3S/c1-3-4-6-19-7-5-16-20(17,18)10-8-11(13)12(14-2)15-9-10/h8-9,16H,3-7H2,1-2H3,(H,14,15). The van der Waals surface area contributed by atoms with Crippen LogP contribution in [0.5, 0.6) is 0 Å². The zero-order valence-corrected chi connectivity index (χ0v) is 13.2. The van der Waals surface area contributed by atoms with Crippen molar-refractivity contribution in [1.82, 2.24) is 9.71 Å². The summed E-state index contributed by atoms with van der Waals surface area (Å²) in [6.45, 7) is 3.27. The summed E-state index contributed by atoms with van der Waals surface area (Å²) in [6.07, 6.45) is 3.28. The number of anilines is 1. The summed E-state index contributed by atoms with van der Waals surface area (Å²) >= 11 is 5.91. The molecule has 0 bridgehead atoms. The highest BCUT2D eigenvalue weighted by Gasteiger charge is 2.15. The molecule has 0 unspecified atom stereocenters. The van der Waals surface area contributed by atoms with E-state index in [1.165, 1.54) is 12.3 Å². The van der Waals surface area contributed by atoms with Gasteiger partial charge in [-0.05, 0) is 12.5 Å². The van der Waals surface area contributed by atoms with Gasteiger partial charge in [-0.15, -0.1) is 0 Å². The molecule has 2 N–H and O–H groups in total. The zero-order valence-electron chi connectivity index (χ0n) is 11.6. The first kappa shape index (κ1) is 17.2. The van der Waals surface area contributed by atoms with Gasteiger partial charge in [0.15, 0.2) is 0 Å². The number of rotatable bonds is 9. The topological polar surface area (TPSA) is 80.3 Å². The molecule has 1 rings (SSSR count). The second-order valence-corrected chi connectivity index (χ2v) is 6.29. The van der Waals surface area contributed by atoms with Crippen LogP contribution in [0.2, 0.25) is 5.02 Å². The van der Waals surface area contributed by atoms with Crippen molar-refractivity contribution in [1.29, 1.82) is 0 Å². The highest BCUT2D eigenvalue weighted by Crippen LogP contribution is 2.21. The molecule has 0 aliphatic carbocycles. The molecule has 0 radical (unpaired) electrons. The number of nitrogens with one attached hydrogen (secondary N) is 2. The first-order valence-electron chi connectivity index (χ1n) is 6.42. The molecule has 0 fully saturated rings. The number of nitrogens with zero attached hydrogens (tertiary/aromatic N) is 1. The second kappa shape index (κ2) is 8.41. The van der Waals surface area contributed by atoms with Gasteiger partial charge in [-0.2, -0.15) is 0 Å². The molecular formula is C12H20ClN3O3S. The number of hydrogen-bond donors (Lipinski definition) is 2. The van der Waals surface area contributed by atoms with Crippen molar-refractivity contribution in [2.45, 2.75) is 24.7 Å². The summed E-state index contributed by atoms with van der Waals surface area (Å²) in [5, 5.41) is 3.03. The highest BCUT2D eigenvalue weighted by molar-refractivity contribution is 7.89. The van der Waals surface area contributed by atoms with Crippen LogP contribution < -0.4 is 10.0 Å². The summed E-state index contributed by atoms with van der Waals surface area (Å²) in [4.78, 5) is 3.98. The lowest BCUT2D eigenvalue weighted by Crippen LogP contribution is -2.27. The van der Waals surface area contributed by atoms with E-state index in [-0.39, 0.29) is 16.5 Å². The number of hydrogen-bond acceptors (Lipinski definition) is 5. The zero-order chi connectivity index (χ0) is 15.0. The Morgan fingerprint density at radius 2 is 2.15 bits per heavy atom. The van der Waals surface area contributed by atoms with Crippen LogP contribution in [-0.4, -0.2) is 40.2 Å². The molecule has 20 heavy (non-hydrogen) atoms. The van der Waals surface area contributed by atoms with Gasteiger partial charge in [0.05, 0.1) is 11.6 Å². The highest BCUT2D eigenvalue weighted by atomic mass is 35.5. The Bertz CT molecular complexity index is 523. The van der Waals surface area contributed by atoms with Crippen LogP contribution in [0.4, 0.5) is 5.82 Å². The first-order chi connectivity index (χ1) is 9.51. The van der Waals surface area contributed by atoms with Crippen LogP contribution in [0, 0.1) is 0 Å². The SMILES string of the molecule is CCCCOCCNS(=O)(=O)c1cnc(NC)c(Cl)c1. The van der Waals surface area contributed by atoms with E-state index in [4.69, 9.17) is 16.3 Å². The average Bonchev–Trinajstić information content (AvgIpc) is 2.42. The molecule has 0 saturated carbocycles. The van der Waals surface area contributed by atoms with Crippen LogP contribution in [0.25, 0.3) is 0 Å². The Labute approximate surface area is 124 Å². The lowest BCUT2D eigenvalue weighted by atomic mass is 10.4. The van der Waals surface area contributed by atoms with Crippen LogP contribution in [0.1, 0.15) is 19.8 Å². The molecule has 0 amide bonds. The fourth-order valence-corrected chi connectivity index (χ4v) is 2.74. The molecule has 0 spiro atoms. The normalized spacial score (nSPS) is 11.6. The van der Waals surface area contributed by atoms with Crippen molar-refractivity contribution in [3.8, 4) is 0 Å². The largest absolute Gasteiger partial charge is 0.380 e. The molecule has 0 saturated heterocycles. The van der Waals surface area contributed by atoms with E-state index in [0.29, 0.717) is 19.0 Å². The molecule has 1 heterocycles. The summed E-state index contributed by atoms with van der Waals surface area (Å²) in [7, 11) is -1.94. The molecular weight excluding hydrogens is 302 g/mol. The van der Waals surface area contributed by atoms with Crippen LogP contribution in [0.3, 0.4) is 0 Å². The molecule has 1 aromatic rings. The monoisotopic (exact) mass is 321 g/mol. The summed E-state index contributed by atoms with van der Waals surface area (Å²) in [6, 6.07) is 1.36. The molecule has 114 valence electrons. The first-order valence-corrected chi connectivity index (χ1v) is 8.28. The van der Waals surface area contributed by atoms with Gasteiger partial charge in [0.2, 0.25) is 10.0 Å². The Balaban J connectivity index is 2.54. The number of aromatic nitrogens is 1. The molecule has 1 aromatic heterocycles. The lowest BCUT2D eigenvalue weighted by molar-refractivity contribution is 0.136. The van der Waals surface area contributed by atoms with E-state index in [2.05, 4.69) is 21.9 Å². The van der Waals surface area contributed by atoms with Crippen molar-refractivity contribution in [3.05, 3.63) is 17.3 Å². The predicted octanol–water partition coefficient (Wildman–Crippen LogP) is 1.87. The van der Waals surface area contributed by atoms with E-state index < -0.39 is 10.0 Å². The predicted molar refractivity (Wildman–Crippen MR) is 79.7 cm³/mol. The van der Waals surface area contributed by atoms with Gasteiger partial charge in [-0.25, -0.2) is 18.1 Å². The van der Waals surface area contributed by atoms with Gasteiger partial charge in [-0.3, -0.25) is 0 Å². The molecule has 0 aliphatic rings. The van der Waals surface area contributed by atoms with Crippen LogP contribution in [0.15, 0.2) is 17.2 Å². The molecule has 6 nitrogen and oxygen atoms in total. The minimum Gasteiger partial charge on any atom is -0.380 e. The van der Waals surface area contributed by atoms with Crippen molar-refractivity contribution >= 4 is 27.4 Å². The fraction of sp³-hybridized carbons (Fsp3) is 0.583. The number of unbranched alkanes of at least 4 members (excludes halogenated alkanes) is 1. The molecule has 0 aromatic carbocycles. The maximum absolute atomic E-state index is 12.0. The van der Waals surface area contributed by atoms with Gasteiger partial charge in [0, 0.05) is 26.4 Å². The van der Waals surface area contributed by atoms with Crippen LogP contribution in [-0.2, 0) is 14.8 Å². The number of sulfonamides is 1. The maximum atomic E-state index is 12.0.